The first-order chi connectivity index (χ1) is 7.72. The number of aromatic nitrogens is 1. The predicted octanol–water partition coefficient (Wildman–Crippen LogP) is 3.53. The fourth-order valence-corrected chi connectivity index (χ4v) is 1.90. The number of para-hydroxylation sites is 1. The quantitative estimate of drug-likeness (QED) is 0.730. The molecule has 0 aliphatic rings. The van der Waals surface area contributed by atoms with Crippen LogP contribution in [0.5, 0.6) is 0 Å². The molecule has 2 aromatic rings. The number of fused-ring (bicyclic) bond motifs is 1. The first-order valence-corrected chi connectivity index (χ1v) is 5.62. The molecule has 0 amide bonds. The highest BCUT2D eigenvalue weighted by molar-refractivity contribution is 6.07. The molecule has 0 saturated heterocycles. The standard InChI is InChI=1S/C14H15NO/c1-3-6-14(16)12-9-10(2)15-13-8-5-4-7-11(12)13/h4-5,7-9H,3,6H2,1-2H3. The van der Waals surface area contributed by atoms with E-state index in [-0.39, 0.29) is 5.78 Å². The molecule has 2 heteroatoms. The van der Waals surface area contributed by atoms with Gasteiger partial charge in [0.05, 0.1) is 5.52 Å². The van der Waals surface area contributed by atoms with Gasteiger partial charge in [-0.2, -0.15) is 0 Å². The van der Waals surface area contributed by atoms with Crippen LogP contribution in [0.1, 0.15) is 35.8 Å². The van der Waals surface area contributed by atoms with Crippen molar-refractivity contribution in [2.24, 2.45) is 0 Å². The van der Waals surface area contributed by atoms with Crippen LogP contribution >= 0.6 is 0 Å². The smallest absolute Gasteiger partial charge is 0.163 e. The average molecular weight is 213 g/mol. The zero-order valence-corrected chi connectivity index (χ0v) is 9.66. The van der Waals surface area contributed by atoms with Crippen molar-refractivity contribution < 1.29 is 4.79 Å². The number of Topliss-reactive ketones (excluding diaryl/α,β-unsaturated/α-hetero) is 1. The Morgan fingerprint density at radius 3 is 2.81 bits per heavy atom. The van der Waals surface area contributed by atoms with Crippen LogP contribution in [0, 0.1) is 6.92 Å². The normalized spacial score (nSPS) is 10.6. The van der Waals surface area contributed by atoms with E-state index < -0.39 is 0 Å². The average Bonchev–Trinajstić information content (AvgIpc) is 2.28. The molecule has 0 aliphatic carbocycles. The number of aryl methyl sites for hydroxylation is 1. The Morgan fingerprint density at radius 2 is 2.06 bits per heavy atom. The summed E-state index contributed by atoms with van der Waals surface area (Å²) in [6, 6.07) is 9.70. The van der Waals surface area contributed by atoms with Crippen molar-refractivity contribution in [1.82, 2.24) is 4.98 Å². The lowest BCUT2D eigenvalue weighted by atomic mass is 10.0. The molecule has 0 fully saturated rings. The van der Waals surface area contributed by atoms with E-state index in [1.807, 2.05) is 44.2 Å². The largest absolute Gasteiger partial charge is 0.294 e. The number of hydrogen-bond acceptors (Lipinski definition) is 2. The van der Waals surface area contributed by atoms with Gasteiger partial charge in [0.15, 0.2) is 5.78 Å². The summed E-state index contributed by atoms with van der Waals surface area (Å²) >= 11 is 0. The topological polar surface area (TPSA) is 30.0 Å². The van der Waals surface area contributed by atoms with E-state index in [4.69, 9.17) is 0 Å². The van der Waals surface area contributed by atoms with Gasteiger partial charge in [-0.3, -0.25) is 9.78 Å². The van der Waals surface area contributed by atoms with Crippen molar-refractivity contribution >= 4 is 16.7 Å². The summed E-state index contributed by atoms with van der Waals surface area (Å²) in [5.74, 6) is 0.212. The zero-order chi connectivity index (χ0) is 11.5. The number of benzene rings is 1. The van der Waals surface area contributed by atoms with Crippen molar-refractivity contribution in [1.29, 1.82) is 0 Å². The van der Waals surface area contributed by atoms with Gasteiger partial charge in [-0.15, -0.1) is 0 Å². The minimum absolute atomic E-state index is 0.212. The molecule has 16 heavy (non-hydrogen) atoms. The second-order valence-corrected chi connectivity index (χ2v) is 4.00. The summed E-state index contributed by atoms with van der Waals surface area (Å²) in [7, 11) is 0. The Kier molecular flexibility index (Phi) is 3.00. The number of nitrogens with zero attached hydrogens (tertiary/aromatic N) is 1. The molecule has 2 nitrogen and oxygen atoms in total. The van der Waals surface area contributed by atoms with E-state index in [1.54, 1.807) is 0 Å². The third-order valence-electron chi connectivity index (χ3n) is 2.62. The molecule has 0 bridgehead atoms. The van der Waals surface area contributed by atoms with Gasteiger partial charge in [0.2, 0.25) is 0 Å². The van der Waals surface area contributed by atoms with Gasteiger partial charge >= 0.3 is 0 Å². The molecule has 0 atom stereocenters. The minimum Gasteiger partial charge on any atom is -0.294 e. The van der Waals surface area contributed by atoms with Crippen LogP contribution in [-0.4, -0.2) is 10.8 Å². The lowest BCUT2D eigenvalue weighted by molar-refractivity contribution is 0.0983. The van der Waals surface area contributed by atoms with E-state index in [0.29, 0.717) is 6.42 Å². The molecule has 0 aliphatic heterocycles. The fourth-order valence-electron chi connectivity index (χ4n) is 1.90. The number of rotatable bonds is 3. The lowest BCUT2D eigenvalue weighted by Gasteiger charge is -2.06. The summed E-state index contributed by atoms with van der Waals surface area (Å²) in [5.41, 5.74) is 2.62. The Morgan fingerprint density at radius 1 is 1.31 bits per heavy atom. The molecule has 82 valence electrons. The van der Waals surface area contributed by atoms with Crippen molar-refractivity contribution in [3.05, 3.63) is 41.6 Å². The monoisotopic (exact) mass is 213 g/mol. The summed E-state index contributed by atoms with van der Waals surface area (Å²) in [6.07, 6.45) is 1.49. The maximum Gasteiger partial charge on any atom is 0.163 e. The lowest BCUT2D eigenvalue weighted by Crippen LogP contribution is -2.01. The number of carbonyl (C=O) groups is 1. The third kappa shape index (κ3) is 1.96. The minimum atomic E-state index is 0.212. The summed E-state index contributed by atoms with van der Waals surface area (Å²) < 4.78 is 0. The predicted molar refractivity (Wildman–Crippen MR) is 65.7 cm³/mol. The summed E-state index contributed by atoms with van der Waals surface area (Å²) in [4.78, 5) is 16.4. The van der Waals surface area contributed by atoms with Crippen LogP contribution in [-0.2, 0) is 0 Å². The number of ketones is 1. The van der Waals surface area contributed by atoms with E-state index in [0.717, 1.165) is 28.6 Å². The summed E-state index contributed by atoms with van der Waals surface area (Å²) in [5, 5.41) is 0.964. The highest BCUT2D eigenvalue weighted by Crippen LogP contribution is 2.19. The van der Waals surface area contributed by atoms with Crippen LogP contribution in [0.2, 0.25) is 0 Å². The van der Waals surface area contributed by atoms with Crippen LogP contribution in [0.15, 0.2) is 30.3 Å². The number of carbonyl (C=O) groups excluding carboxylic acids is 1. The highest BCUT2D eigenvalue weighted by Gasteiger charge is 2.10. The molecule has 0 radical (unpaired) electrons. The Balaban J connectivity index is 2.63. The van der Waals surface area contributed by atoms with Crippen molar-refractivity contribution in [2.45, 2.75) is 26.7 Å². The molecule has 0 unspecified atom stereocenters. The first-order valence-electron chi connectivity index (χ1n) is 5.62. The zero-order valence-electron chi connectivity index (χ0n) is 9.66. The highest BCUT2D eigenvalue weighted by atomic mass is 16.1. The van der Waals surface area contributed by atoms with Gasteiger partial charge < -0.3 is 0 Å². The van der Waals surface area contributed by atoms with Crippen molar-refractivity contribution in [3.8, 4) is 0 Å². The van der Waals surface area contributed by atoms with E-state index in [2.05, 4.69) is 4.98 Å². The third-order valence-corrected chi connectivity index (χ3v) is 2.62. The molecule has 0 saturated carbocycles. The molecule has 0 spiro atoms. The molecule has 1 aromatic carbocycles. The Labute approximate surface area is 95.3 Å². The van der Waals surface area contributed by atoms with Crippen molar-refractivity contribution in [2.75, 3.05) is 0 Å². The SMILES string of the molecule is CCCC(=O)c1cc(C)nc2ccccc12. The molecular weight excluding hydrogens is 198 g/mol. The number of pyridine rings is 1. The van der Waals surface area contributed by atoms with Crippen LogP contribution in [0.4, 0.5) is 0 Å². The van der Waals surface area contributed by atoms with E-state index in [1.165, 1.54) is 0 Å². The Hall–Kier alpha value is -1.70. The van der Waals surface area contributed by atoms with Gasteiger partial charge in [-0.1, -0.05) is 25.1 Å². The maximum atomic E-state index is 12.0. The molecular formula is C14H15NO. The van der Waals surface area contributed by atoms with Crippen LogP contribution < -0.4 is 0 Å². The first kappa shape index (κ1) is 10.8. The molecule has 0 N–H and O–H groups in total. The molecule has 2 rings (SSSR count). The van der Waals surface area contributed by atoms with Gasteiger partial charge in [0.25, 0.3) is 0 Å². The van der Waals surface area contributed by atoms with Crippen LogP contribution in [0.3, 0.4) is 0 Å². The van der Waals surface area contributed by atoms with E-state index in [9.17, 15) is 4.79 Å². The van der Waals surface area contributed by atoms with Gasteiger partial charge in [-0.25, -0.2) is 0 Å². The number of hydrogen-bond donors (Lipinski definition) is 0. The van der Waals surface area contributed by atoms with Crippen LogP contribution in [0.25, 0.3) is 10.9 Å². The Bertz CT molecular complexity index is 531. The summed E-state index contributed by atoms with van der Waals surface area (Å²) in [6.45, 7) is 3.95. The molecule has 1 aromatic heterocycles. The van der Waals surface area contributed by atoms with Gasteiger partial charge in [0.1, 0.15) is 0 Å². The fraction of sp³-hybridized carbons (Fsp3) is 0.286. The second-order valence-electron chi connectivity index (χ2n) is 4.00. The molecule has 1 heterocycles. The van der Waals surface area contributed by atoms with Crippen molar-refractivity contribution in [3.63, 3.8) is 0 Å². The van der Waals surface area contributed by atoms with Gasteiger partial charge in [-0.05, 0) is 25.5 Å². The van der Waals surface area contributed by atoms with Gasteiger partial charge in [0, 0.05) is 23.1 Å². The maximum absolute atomic E-state index is 12.0. The van der Waals surface area contributed by atoms with E-state index >= 15 is 0 Å². The second kappa shape index (κ2) is 4.44.